The van der Waals surface area contributed by atoms with Gasteiger partial charge in [0.25, 0.3) is 5.91 Å². The van der Waals surface area contributed by atoms with Crippen LogP contribution in [0.3, 0.4) is 0 Å². The monoisotopic (exact) mass is 360 g/mol. The molecule has 1 N–H and O–H groups in total. The van der Waals surface area contributed by atoms with Crippen LogP contribution in [0.2, 0.25) is 0 Å². The van der Waals surface area contributed by atoms with Crippen LogP contribution in [0.15, 0.2) is 35.4 Å². The summed E-state index contributed by atoms with van der Waals surface area (Å²) in [7, 11) is 1.58. The molecule has 1 atom stereocenters. The molecule has 1 unspecified atom stereocenters. The van der Waals surface area contributed by atoms with E-state index in [1.54, 1.807) is 19.2 Å². The van der Waals surface area contributed by atoms with Crippen molar-refractivity contribution >= 4 is 11.8 Å². The minimum Gasteiger partial charge on any atom is -0.383 e. The summed E-state index contributed by atoms with van der Waals surface area (Å²) in [5.74, 6) is -0.490. The molecule has 1 aromatic rings. The van der Waals surface area contributed by atoms with E-state index < -0.39 is 0 Å². The molecule has 26 heavy (non-hydrogen) atoms. The van der Waals surface area contributed by atoms with E-state index in [1.165, 1.54) is 12.1 Å². The van der Waals surface area contributed by atoms with Crippen molar-refractivity contribution in [1.29, 1.82) is 0 Å². The topological polar surface area (TPSA) is 58.6 Å². The molecule has 140 valence electrons. The number of halogens is 1. The standard InChI is InChI=1S/C20H25FN2O3/c1-26-11-10-22-19(24)12-17-16-4-2-3-5-18(16)23(20(17)25)13-14-6-8-15(21)9-7-14/h6-9,18H,2-5,10-13H2,1H3,(H,22,24). The Bertz CT molecular complexity index is 700. The highest BCUT2D eigenvalue weighted by atomic mass is 19.1. The molecule has 1 aliphatic carbocycles. The van der Waals surface area contributed by atoms with Gasteiger partial charge in [0.2, 0.25) is 5.91 Å². The van der Waals surface area contributed by atoms with Crippen LogP contribution in [0, 0.1) is 5.82 Å². The summed E-state index contributed by atoms with van der Waals surface area (Å²) in [6.45, 7) is 1.34. The minimum atomic E-state index is -0.286. The quantitative estimate of drug-likeness (QED) is 0.761. The Morgan fingerprint density at radius 2 is 2.08 bits per heavy atom. The fourth-order valence-electron chi connectivity index (χ4n) is 3.82. The van der Waals surface area contributed by atoms with E-state index in [2.05, 4.69) is 5.32 Å². The number of carbonyl (C=O) groups is 2. The molecular formula is C20H25FN2O3. The summed E-state index contributed by atoms with van der Waals surface area (Å²) in [6.07, 6.45) is 4.05. The van der Waals surface area contributed by atoms with Crippen molar-refractivity contribution in [3.8, 4) is 0 Å². The summed E-state index contributed by atoms with van der Waals surface area (Å²) in [5, 5.41) is 2.79. The molecule has 1 fully saturated rings. The maximum Gasteiger partial charge on any atom is 0.251 e. The molecule has 3 rings (SSSR count). The third-order valence-electron chi connectivity index (χ3n) is 5.09. The fraction of sp³-hybridized carbons (Fsp3) is 0.500. The molecule has 0 aromatic heterocycles. The Labute approximate surface area is 153 Å². The predicted molar refractivity (Wildman–Crippen MR) is 95.7 cm³/mol. The fourth-order valence-corrected chi connectivity index (χ4v) is 3.82. The number of nitrogens with one attached hydrogen (secondary N) is 1. The smallest absolute Gasteiger partial charge is 0.251 e. The van der Waals surface area contributed by atoms with Gasteiger partial charge in [-0.15, -0.1) is 0 Å². The number of carbonyl (C=O) groups excluding carboxylic acids is 2. The molecule has 1 saturated carbocycles. The van der Waals surface area contributed by atoms with Crippen molar-refractivity contribution in [3.05, 3.63) is 46.8 Å². The second-order valence-electron chi connectivity index (χ2n) is 6.84. The van der Waals surface area contributed by atoms with Crippen LogP contribution in [0.25, 0.3) is 0 Å². The summed E-state index contributed by atoms with van der Waals surface area (Å²) >= 11 is 0. The van der Waals surface area contributed by atoms with E-state index in [4.69, 9.17) is 4.74 Å². The molecule has 0 bridgehead atoms. The van der Waals surface area contributed by atoms with Crippen LogP contribution < -0.4 is 5.32 Å². The van der Waals surface area contributed by atoms with Crippen LogP contribution in [0.5, 0.6) is 0 Å². The van der Waals surface area contributed by atoms with Crippen molar-refractivity contribution in [2.75, 3.05) is 20.3 Å². The van der Waals surface area contributed by atoms with Gasteiger partial charge in [0.15, 0.2) is 0 Å². The molecule has 2 amide bonds. The summed E-state index contributed by atoms with van der Waals surface area (Å²) in [5.41, 5.74) is 2.66. The molecule has 0 spiro atoms. The highest BCUT2D eigenvalue weighted by Gasteiger charge is 2.40. The van der Waals surface area contributed by atoms with Crippen molar-refractivity contribution in [2.24, 2.45) is 0 Å². The van der Waals surface area contributed by atoms with Crippen LogP contribution >= 0.6 is 0 Å². The molecular weight excluding hydrogens is 335 g/mol. The Balaban J connectivity index is 1.73. The second-order valence-corrected chi connectivity index (χ2v) is 6.84. The lowest BCUT2D eigenvalue weighted by Gasteiger charge is -2.30. The normalized spacial score (nSPS) is 19.7. The maximum atomic E-state index is 13.1. The number of nitrogens with zero attached hydrogens (tertiary/aromatic N) is 1. The van der Waals surface area contributed by atoms with Crippen molar-refractivity contribution in [3.63, 3.8) is 0 Å². The van der Waals surface area contributed by atoms with E-state index in [0.29, 0.717) is 25.3 Å². The molecule has 1 aromatic carbocycles. The number of benzene rings is 1. The van der Waals surface area contributed by atoms with Crippen LogP contribution in [-0.4, -0.2) is 43.0 Å². The third-order valence-corrected chi connectivity index (χ3v) is 5.09. The van der Waals surface area contributed by atoms with E-state index in [-0.39, 0.29) is 30.1 Å². The molecule has 0 saturated heterocycles. The second kappa shape index (κ2) is 8.45. The molecule has 0 radical (unpaired) electrons. The van der Waals surface area contributed by atoms with Gasteiger partial charge in [-0.2, -0.15) is 0 Å². The van der Waals surface area contributed by atoms with Gasteiger partial charge in [0.05, 0.1) is 19.1 Å². The van der Waals surface area contributed by atoms with Crippen molar-refractivity contribution < 1.29 is 18.7 Å². The zero-order valence-electron chi connectivity index (χ0n) is 15.1. The molecule has 1 heterocycles. The van der Waals surface area contributed by atoms with Gasteiger partial charge in [0, 0.05) is 25.8 Å². The van der Waals surface area contributed by atoms with Gasteiger partial charge >= 0.3 is 0 Å². The number of ether oxygens (including phenoxy) is 1. The number of rotatable bonds is 7. The highest BCUT2D eigenvalue weighted by Crippen LogP contribution is 2.38. The number of hydrogen-bond donors (Lipinski definition) is 1. The van der Waals surface area contributed by atoms with Gasteiger partial charge in [0.1, 0.15) is 5.82 Å². The lowest BCUT2D eigenvalue weighted by atomic mass is 9.88. The van der Waals surface area contributed by atoms with Gasteiger partial charge in [-0.3, -0.25) is 9.59 Å². The SMILES string of the molecule is COCCNC(=O)CC1=C2CCCCC2N(Cc2ccc(F)cc2)C1=O. The van der Waals surface area contributed by atoms with Gasteiger partial charge in [-0.05, 0) is 42.5 Å². The Hall–Kier alpha value is -2.21. The zero-order chi connectivity index (χ0) is 18.5. The average Bonchev–Trinajstić information content (AvgIpc) is 2.90. The Morgan fingerprint density at radius 3 is 2.81 bits per heavy atom. The molecule has 2 aliphatic rings. The van der Waals surface area contributed by atoms with Crippen molar-refractivity contribution in [2.45, 2.75) is 44.7 Å². The number of amides is 2. The van der Waals surface area contributed by atoms with Gasteiger partial charge in [-0.25, -0.2) is 4.39 Å². The molecule has 1 aliphatic heterocycles. The Kier molecular flexibility index (Phi) is 6.04. The highest BCUT2D eigenvalue weighted by molar-refractivity contribution is 6.02. The molecule has 5 nitrogen and oxygen atoms in total. The van der Waals surface area contributed by atoms with E-state index in [9.17, 15) is 14.0 Å². The average molecular weight is 360 g/mol. The van der Waals surface area contributed by atoms with Crippen LogP contribution in [0.1, 0.15) is 37.7 Å². The zero-order valence-corrected chi connectivity index (χ0v) is 15.1. The minimum absolute atomic E-state index is 0.0573. The number of methoxy groups -OCH3 is 1. The van der Waals surface area contributed by atoms with Crippen molar-refractivity contribution in [1.82, 2.24) is 10.2 Å². The lowest BCUT2D eigenvalue weighted by Crippen LogP contribution is -2.36. The van der Waals surface area contributed by atoms with E-state index in [0.717, 1.165) is 36.8 Å². The van der Waals surface area contributed by atoms with Gasteiger partial charge < -0.3 is 15.0 Å². The molecule has 6 heteroatoms. The summed E-state index contributed by atoms with van der Waals surface area (Å²) < 4.78 is 18.1. The van der Waals surface area contributed by atoms with E-state index in [1.807, 2.05) is 4.90 Å². The largest absolute Gasteiger partial charge is 0.383 e. The number of fused-ring (bicyclic) bond motifs is 1. The lowest BCUT2D eigenvalue weighted by molar-refractivity contribution is -0.129. The first-order chi connectivity index (χ1) is 12.6. The first-order valence-electron chi connectivity index (χ1n) is 9.13. The maximum absolute atomic E-state index is 13.1. The van der Waals surface area contributed by atoms with E-state index >= 15 is 0 Å². The number of hydrogen-bond acceptors (Lipinski definition) is 3. The first-order valence-corrected chi connectivity index (χ1v) is 9.13. The first kappa shape index (κ1) is 18.6. The third kappa shape index (κ3) is 4.12. The van der Waals surface area contributed by atoms with Crippen LogP contribution in [-0.2, 0) is 20.9 Å². The summed E-state index contributed by atoms with van der Waals surface area (Å²) in [6, 6.07) is 6.31. The van der Waals surface area contributed by atoms with Crippen LogP contribution in [0.4, 0.5) is 4.39 Å². The summed E-state index contributed by atoms with van der Waals surface area (Å²) in [4.78, 5) is 27.0. The van der Waals surface area contributed by atoms with Gasteiger partial charge in [-0.1, -0.05) is 18.6 Å². The Morgan fingerprint density at radius 1 is 1.31 bits per heavy atom. The predicted octanol–water partition coefficient (Wildman–Crippen LogP) is 2.56.